The smallest absolute Gasteiger partial charge is 0.255 e. The van der Waals surface area contributed by atoms with Crippen LogP contribution in [0.5, 0.6) is 5.75 Å². The Kier molecular flexibility index (Phi) is 4.88. The summed E-state index contributed by atoms with van der Waals surface area (Å²) in [5, 5.41) is 3.03. The number of methoxy groups -OCH3 is 1. The summed E-state index contributed by atoms with van der Waals surface area (Å²) in [4.78, 5) is 21.3. The Labute approximate surface area is 167 Å². The van der Waals surface area contributed by atoms with Gasteiger partial charge in [0, 0.05) is 6.42 Å². The van der Waals surface area contributed by atoms with Crippen LogP contribution >= 0.6 is 0 Å². The SMILES string of the molecule is CCc1nc(N)nc2c1C(=O)NC(c1ccc(F)cc1-c1cccc(OC)c1)C2. The topological polar surface area (TPSA) is 90.1 Å². The number of carbonyl (C=O) groups excluding carboxylic acids is 1. The minimum Gasteiger partial charge on any atom is -0.497 e. The highest BCUT2D eigenvalue weighted by atomic mass is 19.1. The van der Waals surface area contributed by atoms with Crippen LogP contribution in [0.25, 0.3) is 11.1 Å². The third kappa shape index (κ3) is 3.51. The molecule has 0 fully saturated rings. The number of anilines is 1. The van der Waals surface area contributed by atoms with Crippen LogP contribution in [0.4, 0.5) is 10.3 Å². The average molecular weight is 392 g/mol. The summed E-state index contributed by atoms with van der Waals surface area (Å²) in [6.45, 7) is 1.92. The number of aromatic nitrogens is 2. The summed E-state index contributed by atoms with van der Waals surface area (Å²) in [6, 6.07) is 11.6. The molecule has 0 saturated heterocycles. The quantitative estimate of drug-likeness (QED) is 0.710. The Hall–Kier alpha value is -3.48. The van der Waals surface area contributed by atoms with Gasteiger partial charge >= 0.3 is 0 Å². The molecule has 4 rings (SSSR count). The van der Waals surface area contributed by atoms with Crippen LogP contribution in [0.3, 0.4) is 0 Å². The molecule has 148 valence electrons. The number of fused-ring (bicyclic) bond motifs is 1. The minimum atomic E-state index is -0.365. The predicted octanol–water partition coefficient (Wildman–Crippen LogP) is 3.46. The Balaban J connectivity index is 1.80. The second-order valence-corrected chi connectivity index (χ2v) is 6.90. The molecule has 7 heteroatoms. The van der Waals surface area contributed by atoms with E-state index in [0.29, 0.717) is 41.1 Å². The fourth-order valence-corrected chi connectivity index (χ4v) is 3.78. The summed E-state index contributed by atoms with van der Waals surface area (Å²) in [5.41, 5.74) is 9.87. The molecule has 1 amide bonds. The van der Waals surface area contributed by atoms with Crippen molar-refractivity contribution < 1.29 is 13.9 Å². The van der Waals surface area contributed by atoms with E-state index < -0.39 is 0 Å². The van der Waals surface area contributed by atoms with Crippen molar-refractivity contribution in [3.8, 4) is 16.9 Å². The number of nitrogens with zero attached hydrogens (tertiary/aromatic N) is 2. The number of rotatable bonds is 4. The summed E-state index contributed by atoms with van der Waals surface area (Å²) < 4.78 is 19.4. The lowest BCUT2D eigenvalue weighted by atomic mass is 9.88. The number of benzene rings is 2. The number of hydrogen-bond acceptors (Lipinski definition) is 5. The highest BCUT2D eigenvalue weighted by Gasteiger charge is 2.31. The average Bonchev–Trinajstić information content (AvgIpc) is 2.72. The standard InChI is InChI=1S/C22H21FN4O2/c1-3-17-20-19(27-22(24)26-17)11-18(25-21(20)28)15-8-7-13(23)10-16(15)12-5-4-6-14(9-12)29-2/h4-10,18H,3,11H2,1-2H3,(H,25,28)(H2,24,26,27). The Morgan fingerprint density at radius 2 is 2.07 bits per heavy atom. The van der Waals surface area contributed by atoms with Crippen LogP contribution < -0.4 is 15.8 Å². The van der Waals surface area contributed by atoms with Crippen molar-refractivity contribution in [1.82, 2.24) is 15.3 Å². The van der Waals surface area contributed by atoms with E-state index in [9.17, 15) is 9.18 Å². The highest BCUT2D eigenvalue weighted by Crippen LogP contribution is 2.35. The number of nitrogens with two attached hydrogens (primary N) is 1. The van der Waals surface area contributed by atoms with Gasteiger partial charge in [0.2, 0.25) is 5.95 Å². The van der Waals surface area contributed by atoms with Gasteiger partial charge in [-0.2, -0.15) is 0 Å². The molecule has 29 heavy (non-hydrogen) atoms. The van der Waals surface area contributed by atoms with Gasteiger partial charge < -0.3 is 15.8 Å². The van der Waals surface area contributed by atoms with E-state index in [1.807, 2.05) is 31.2 Å². The maximum absolute atomic E-state index is 14.1. The molecular formula is C22H21FN4O2. The number of amides is 1. The van der Waals surface area contributed by atoms with Gasteiger partial charge in [-0.25, -0.2) is 14.4 Å². The molecule has 1 aliphatic rings. The van der Waals surface area contributed by atoms with Gasteiger partial charge in [-0.1, -0.05) is 25.1 Å². The van der Waals surface area contributed by atoms with Crippen LogP contribution in [0.1, 0.15) is 40.3 Å². The molecule has 3 aromatic rings. The summed E-state index contributed by atoms with van der Waals surface area (Å²) >= 11 is 0. The van der Waals surface area contributed by atoms with Gasteiger partial charge in [0.25, 0.3) is 5.91 Å². The summed E-state index contributed by atoms with van der Waals surface area (Å²) in [6.07, 6.45) is 1.03. The van der Waals surface area contributed by atoms with E-state index in [0.717, 1.165) is 11.1 Å². The third-order valence-corrected chi connectivity index (χ3v) is 5.11. The first-order valence-electron chi connectivity index (χ1n) is 9.40. The van der Waals surface area contributed by atoms with Crippen LogP contribution in [0.15, 0.2) is 42.5 Å². The molecule has 1 aromatic heterocycles. The molecule has 0 radical (unpaired) electrons. The Morgan fingerprint density at radius 1 is 1.24 bits per heavy atom. The van der Waals surface area contributed by atoms with Crippen molar-refractivity contribution in [1.29, 1.82) is 0 Å². The highest BCUT2D eigenvalue weighted by molar-refractivity contribution is 5.98. The van der Waals surface area contributed by atoms with Crippen molar-refractivity contribution in [3.63, 3.8) is 0 Å². The maximum atomic E-state index is 14.1. The van der Waals surface area contributed by atoms with Crippen molar-refractivity contribution in [2.75, 3.05) is 12.8 Å². The number of ether oxygens (including phenoxy) is 1. The van der Waals surface area contributed by atoms with E-state index in [4.69, 9.17) is 10.5 Å². The maximum Gasteiger partial charge on any atom is 0.255 e. The number of carbonyl (C=O) groups is 1. The van der Waals surface area contributed by atoms with Gasteiger partial charge in [-0.15, -0.1) is 0 Å². The van der Waals surface area contributed by atoms with Gasteiger partial charge in [0.15, 0.2) is 0 Å². The molecule has 3 N–H and O–H groups in total. The van der Waals surface area contributed by atoms with Crippen molar-refractivity contribution in [3.05, 3.63) is 70.8 Å². The third-order valence-electron chi connectivity index (χ3n) is 5.11. The van der Waals surface area contributed by atoms with Gasteiger partial charge in [-0.05, 0) is 47.4 Å². The summed E-state index contributed by atoms with van der Waals surface area (Å²) in [7, 11) is 1.58. The second-order valence-electron chi connectivity index (χ2n) is 6.90. The zero-order chi connectivity index (χ0) is 20.5. The largest absolute Gasteiger partial charge is 0.497 e. The molecule has 2 aromatic carbocycles. The molecule has 1 unspecified atom stereocenters. The normalized spacial score (nSPS) is 15.6. The van der Waals surface area contributed by atoms with E-state index in [-0.39, 0.29) is 23.7 Å². The van der Waals surface area contributed by atoms with Crippen LogP contribution in [0, 0.1) is 5.82 Å². The van der Waals surface area contributed by atoms with Gasteiger partial charge in [-0.3, -0.25) is 4.79 Å². The first-order chi connectivity index (χ1) is 14.0. The minimum absolute atomic E-state index is 0.154. The van der Waals surface area contributed by atoms with E-state index >= 15 is 0 Å². The van der Waals surface area contributed by atoms with Crippen LogP contribution in [-0.4, -0.2) is 23.0 Å². The molecule has 0 bridgehead atoms. The number of aryl methyl sites for hydroxylation is 1. The zero-order valence-electron chi connectivity index (χ0n) is 16.2. The fraction of sp³-hybridized carbons (Fsp3) is 0.227. The summed E-state index contributed by atoms with van der Waals surface area (Å²) in [5.74, 6) is 0.230. The molecule has 0 aliphatic carbocycles. The predicted molar refractivity (Wildman–Crippen MR) is 108 cm³/mol. The van der Waals surface area contributed by atoms with E-state index in [2.05, 4.69) is 15.3 Å². The first kappa shape index (κ1) is 18.9. The van der Waals surface area contributed by atoms with Crippen molar-refractivity contribution in [2.45, 2.75) is 25.8 Å². The molecule has 1 atom stereocenters. The van der Waals surface area contributed by atoms with Gasteiger partial charge in [0.05, 0.1) is 30.1 Å². The number of nitrogens with one attached hydrogen (secondary N) is 1. The molecule has 2 heterocycles. The lowest BCUT2D eigenvalue weighted by molar-refractivity contribution is 0.0922. The Morgan fingerprint density at radius 3 is 2.83 bits per heavy atom. The second kappa shape index (κ2) is 7.50. The lowest BCUT2D eigenvalue weighted by Crippen LogP contribution is -2.37. The molecular weight excluding hydrogens is 371 g/mol. The lowest BCUT2D eigenvalue weighted by Gasteiger charge is -2.28. The van der Waals surface area contributed by atoms with Crippen molar-refractivity contribution >= 4 is 11.9 Å². The number of hydrogen-bond donors (Lipinski definition) is 2. The Bertz CT molecular complexity index is 1100. The molecule has 6 nitrogen and oxygen atoms in total. The van der Waals surface area contributed by atoms with Gasteiger partial charge in [0.1, 0.15) is 11.6 Å². The van der Waals surface area contributed by atoms with Crippen LogP contribution in [-0.2, 0) is 12.8 Å². The molecule has 1 aliphatic heterocycles. The molecule has 0 saturated carbocycles. The number of halogens is 1. The first-order valence-corrected chi connectivity index (χ1v) is 9.40. The number of nitrogen functional groups attached to an aromatic ring is 1. The molecule has 0 spiro atoms. The zero-order valence-corrected chi connectivity index (χ0v) is 16.2. The monoisotopic (exact) mass is 392 g/mol. The van der Waals surface area contributed by atoms with Crippen LogP contribution in [0.2, 0.25) is 0 Å². The van der Waals surface area contributed by atoms with E-state index in [1.54, 1.807) is 13.2 Å². The fourth-order valence-electron chi connectivity index (χ4n) is 3.78. The van der Waals surface area contributed by atoms with Crippen molar-refractivity contribution in [2.24, 2.45) is 0 Å². The van der Waals surface area contributed by atoms with E-state index in [1.165, 1.54) is 12.1 Å².